The van der Waals surface area contributed by atoms with Gasteiger partial charge < -0.3 is 10.6 Å². The Hall–Kier alpha value is -2.81. The normalized spacial score (nSPS) is 11.1. The summed E-state index contributed by atoms with van der Waals surface area (Å²) >= 11 is 0. The van der Waals surface area contributed by atoms with Gasteiger partial charge in [0.25, 0.3) is 0 Å². The van der Waals surface area contributed by atoms with E-state index in [1.807, 2.05) is 0 Å². The Labute approximate surface area is 169 Å². The molecule has 3 heteroatoms. The van der Waals surface area contributed by atoms with Crippen molar-refractivity contribution in [2.75, 3.05) is 10.6 Å². The number of para-hydroxylation sites is 2. The highest BCUT2D eigenvalue weighted by Crippen LogP contribution is 2.25. The van der Waals surface area contributed by atoms with E-state index in [-0.39, 0.29) is 0 Å². The lowest BCUT2D eigenvalue weighted by Crippen LogP contribution is -2.08. The van der Waals surface area contributed by atoms with Crippen molar-refractivity contribution in [3.63, 3.8) is 0 Å². The average Bonchev–Trinajstić information content (AvgIpc) is 2.71. The molecule has 0 spiro atoms. The fourth-order valence-corrected chi connectivity index (χ4v) is 3.42. The monoisotopic (exact) mass is 373 g/mol. The molecular formula is C25H31N3. The molecule has 0 saturated carbocycles. The van der Waals surface area contributed by atoms with E-state index in [9.17, 15) is 0 Å². The van der Waals surface area contributed by atoms with Gasteiger partial charge in [0.15, 0.2) is 0 Å². The summed E-state index contributed by atoms with van der Waals surface area (Å²) in [5, 5.41) is 7.11. The van der Waals surface area contributed by atoms with Crippen LogP contribution < -0.4 is 10.6 Å². The van der Waals surface area contributed by atoms with Gasteiger partial charge in [-0.25, -0.2) is 0 Å². The summed E-state index contributed by atoms with van der Waals surface area (Å²) in [5.74, 6) is 0.987. The third kappa shape index (κ3) is 5.13. The molecule has 2 N–H and O–H groups in total. The van der Waals surface area contributed by atoms with Crippen LogP contribution in [0.25, 0.3) is 0 Å². The first kappa shape index (κ1) is 19.9. The summed E-state index contributed by atoms with van der Waals surface area (Å²) in [5.41, 5.74) is 7.16. The van der Waals surface area contributed by atoms with Crippen LogP contribution in [-0.4, -0.2) is 4.98 Å². The quantitative estimate of drug-likeness (QED) is 0.470. The highest BCUT2D eigenvalue weighted by atomic mass is 14.9. The third-order valence-electron chi connectivity index (χ3n) is 4.95. The van der Waals surface area contributed by atoms with E-state index in [4.69, 9.17) is 4.98 Å². The van der Waals surface area contributed by atoms with Gasteiger partial charge in [0.2, 0.25) is 0 Å². The van der Waals surface area contributed by atoms with Gasteiger partial charge >= 0.3 is 0 Å². The van der Waals surface area contributed by atoms with Crippen LogP contribution >= 0.6 is 0 Å². The summed E-state index contributed by atoms with van der Waals surface area (Å²) in [6, 6.07) is 23.3. The van der Waals surface area contributed by atoms with Crippen molar-refractivity contribution in [3.8, 4) is 0 Å². The van der Waals surface area contributed by atoms with E-state index < -0.39 is 0 Å². The highest BCUT2D eigenvalue weighted by molar-refractivity contribution is 5.53. The minimum atomic E-state index is 0.494. The number of hydrogen-bond donors (Lipinski definition) is 2. The second-order valence-electron chi connectivity index (χ2n) is 7.81. The van der Waals surface area contributed by atoms with Gasteiger partial charge in [-0.1, -0.05) is 70.2 Å². The lowest BCUT2D eigenvalue weighted by molar-refractivity contribution is 0.861. The van der Waals surface area contributed by atoms with Gasteiger partial charge in [0.05, 0.1) is 24.5 Å². The molecule has 3 aromatic rings. The molecule has 28 heavy (non-hydrogen) atoms. The smallest absolute Gasteiger partial charge is 0.0598 e. The summed E-state index contributed by atoms with van der Waals surface area (Å²) in [6.07, 6.45) is 0. The Morgan fingerprint density at radius 2 is 1.04 bits per heavy atom. The molecule has 0 bridgehead atoms. The number of nitrogens with zero attached hydrogens (tertiary/aromatic N) is 1. The van der Waals surface area contributed by atoms with E-state index in [1.54, 1.807) is 0 Å². The Morgan fingerprint density at radius 1 is 0.607 bits per heavy atom. The Kier molecular flexibility index (Phi) is 6.70. The molecule has 3 nitrogen and oxygen atoms in total. The molecule has 146 valence electrons. The molecular weight excluding hydrogens is 342 g/mol. The minimum Gasteiger partial charge on any atom is -0.379 e. The predicted molar refractivity (Wildman–Crippen MR) is 120 cm³/mol. The predicted octanol–water partition coefficient (Wildman–Crippen LogP) is 6.55. The molecule has 0 atom stereocenters. The van der Waals surface area contributed by atoms with E-state index in [0.717, 1.165) is 24.5 Å². The van der Waals surface area contributed by atoms with Crippen LogP contribution in [0.5, 0.6) is 0 Å². The number of pyridine rings is 1. The van der Waals surface area contributed by atoms with Crippen LogP contribution in [0.1, 0.15) is 62.0 Å². The van der Waals surface area contributed by atoms with Crippen LogP contribution in [0.4, 0.5) is 11.4 Å². The second kappa shape index (κ2) is 9.41. The van der Waals surface area contributed by atoms with Crippen molar-refractivity contribution in [3.05, 3.63) is 89.2 Å². The van der Waals surface area contributed by atoms with Crippen LogP contribution in [0.2, 0.25) is 0 Å². The van der Waals surface area contributed by atoms with Crippen molar-refractivity contribution in [2.24, 2.45) is 0 Å². The third-order valence-corrected chi connectivity index (χ3v) is 4.95. The van der Waals surface area contributed by atoms with Gasteiger partial charge in [0.1, 0.15) is 0 Å². The highest BCUT2D eigenvalue weighted by Gasteiger charge is 2.07. The number of rotatable bonds is 8. The molecule has 2 aromatic carbocycles. The van der Waals surface area contributed by atoms with Crippen LogP contribution in [0.15, 0.2) is 66.7 Å². The van der Waals surface area contributed by atoms with Gasteiger partial charge in [-0.05, 0) is 47.2 Å². The van der Waals surface area contributed by atoms with Crippen molar-refractivity contribution >= 4 is 11.4 Å². The van der Waals surface area contributed by atoms with E-state index in [2.05, 4.69) is 105 Å². The summed E-state index contributed by atoms with van der Waals surface area (Å²) in [4.78, 5) is 4.83. The number of nitrogens with one attached hydrogen (secondary N) is 2. The number of hydrogen-bond acceptors (Lipinski definition) is 3. The summed E-state index contributed by atoms with van der Waals surface area (Å²) in [6.45, 7) is 10.3. The topological polar surface area (TPSA) is 37.0 Å². The molecule has 0 amide bonds. The van der Waals surface area contributed by atoms with Crippen LogP contribution in [0, 0.1) is 0 Å². The van der Waals surface area contributed by atoms with E-state index >= 15 is 0 Å². The first-order valence-corrected chi connectivity index (χ1v) is 10.1. The van der Waals surface area contributed by atoms with Crippen molar-refractivity contribution < 1.29 is 0 Å². The zero-order chi connectivity index (χ0) is 19.9. The van der Waals surface area contributed by atoms with Gasteiger partial charge in [0, 0.05) is 11.4 Å². The van der Waals surface area contributed by atoms with Gasteiger partial charge in [-0.3, -0.25) is 4.98 Å². The van der Waals surface area contributed by atoms with Gasteiger partial charge in [-0.15, -0.1) is 0 Å². The molecule has 1 aromatic heterocycles. The fourth-order valence-electron chi connectivity index (χ4n) is 3.42. The number of aromatic nitrogens is 1. The van der Waals surface area contributed by atoms with Crippen molar-refractivity contribution in [1.29, 1.82) is 0 Å². The largest absolute Gasteiger partial charge is 0.379 e. The number of anilines is 2. The molecule has 0 saturated heterocycles. The molecule has 0 aliphatic heterocycles. The average molecular weight is 374 g/mol. The van der Waals surface area contributed by atoms with Gasteiger partial charge in [-0.2, -0.15) is 0 Å². The Bertz CT molecular complexity index is 829. The summed E-state index contributed by atoms with van der Waals surface area (Å²) < 4.78 is 0. The number of benzene rings is 2. The van der Waals surface area contributed by atoms with Crippen molar-refractivity contribution in [1.82, 2.24) is 4.98 Å². The lowest BCUT2D eigenvalue weighted by Gasteiger charge is -2.16. The zero-order valence-corrected chi connectivity index (χ0v) is 17.4. The first-order valence-electron chi connectivity index (χ1n) is 10.1. The molecule has 0 aliphatic carbocycles. The van der Waals surface area contributed by atoms with Crippen LogP contribution in [-0.2, 0) is 13.1 Å². The van der Waals surface area contributed by atoms with Crippen LogP contribution in [0.3, 0.4) is 0 Å². The lowest BCUT2D eigenvalue weighted by atomic mass is 10.0. The molecule has 0 radical (unpaired) electrons. The SMILES string of the molecule is CC(C)c1ccccc1NCc1cccc(CNc2ccccc2C(C)C)n1. The summed E-state index contributed by atoms with van der Waals surface area (Å²) in [7, 11) is 0. The minimum absolute atomic E-state index is 0.494. The maximum atomic E-state index is 4.83. The molecule has 0 unspecified atom stereocenters. The van der Waals surface area contributed by atoms with E-state index in [1.165, 1.54) is 22.5 Å². The zero-order valence-electron chi connectivity index (χ0n) is 17.4. The standard InChI is InChI=1S/C25H31N3/c1-18(2)22-12-5-7-14-24(22)26-16-20-10-9-11-21(28-20)17-27-25-15-8-6-13-23(25)19(3)4/h5-15,18-19,26-27H,16-17H2,1-4H3. The Balaban J connectivity index is 1.65. The van der Waals surface area contributed by atoms with E-state index in [0.29, 0.717) is 11.8 Å². The van der Waals surface area contributed by atoms with Crippen molar-refractivity contribution in [2.45, 2.75) is 52.6 Å². The second-order valence-corrected chi connectivity index (χ2v) is 7.81. The maximum absolute atomic E-state index is 4.83. The fraction of sp³-hybridized carbons (Fsp3) is 0.320. The Morgan fingerprint density at radius 3 is 1.46 bits per heavy atom. The molecule has 3 rings (SSSR count). The molecule has 0 fully saturated rings. The maximum Gasteiger partial charge on any atom is 0.0598 e. The molecule has 0 aliphatic rings. The first-order chi connectivity index (χ1) is 13.5. The molecule has 1 heterocycles.